The summed E-state index contributed by atoms with van der Waals surface area (Å²) in [7, 11) is 0. The number of rotatable bonds is 6. The van der Waals surface area contributed by atoms with Crippen LogP contribution in [-0.2, 0) is 11.3 Å². The zero-order valence-electron chi connectivity index (χ0n) is 19.7. The lowest BCUT2D eigenvalue weighted by Crippen LogP contribution is -2.24. The summed E-state index contributed by atoms with van der Waals surface area (Å²) in [6.45, 7) is 0.990. The third-order valence-corrected chi connectivity index (χ3v) is 6.87. The summed E-state index contributed by atoms with van der Waals surface area (Å²) in [5.74, 6) is 1.11. The summed E-state index contributed by atoms with van der Waals surface area (Å²) >= 11 is 5.86. The Labute approximate surface area is 217 Å². The highest BCUT2D eigenvalue weighted by Crippen LogP contribution is 2.35. The standard InChI is InChI=1S/C29H22ClFN4O2/c30-23-11-10-22(15-24(23)31)37-26-13-19(28-33-25-7-4-12-32-29(25)34-28)8-9-20(26)16-35-17-21(14-27(35)36)18-5-2-1-3-6-18/h1-13,15,21H,14,16-17H2,(H,32,33,34)/t21-/m1/s1. The van der Waals surface area contributed by atoms with Gasteiger partial charge in [-0.15, -0.1) is 0 Å². The number of carbonyl (C=O) groups is 1. The van der Waals surface area contributed by atoms with Crippen LogP contribution >= 0.6 is 11.6 Å². The number of imidazole rings is 1. The predicted molar refractivity (Wildman–Crippen MR) is 140 cm³/mol. The first-order valence-electron chi connectivity index (χ1n) is 11.9. The Balaban J connectivity index is 1.33. The minimum atomic E-state index is -0.569. The molecule has 0 unspecified atom stereocenters. The van der Waals surface area contributed by atoms with Crippen molar-refractivity contribution >= 4 is 28.7 Å². The van der Waals surface area contributed by atoms with Gasteiger partial charge in [-0.05, 0) is 35.9 Å². The number of hydrogen-bond acceptors (Lipinski definition) is 4. The molecule has 1 amide bonds. The molecule has 1 N–H and O–H groups in total. The van der Waals surface area contributed by atoms with Crippen molar-refractivity contribution in [1.29, 1.82) is 0 Å². The van der Waals surface area contributed by atoms with Crippen LogP contribution in [0.2, 0.25) is 5.02 Å². The summed E-state index contributed by atoms with van der Waals surface area (Å²) < 4.78 is 20.3. The normalized spacial score (nSPS) is 15.5. The largest absolute Gasteiger partial charge is 0.457 e. The number of nitrogens with zero attached hydrogens (tertiary/aromatic N) is 3. The molecule has 6 rings (SSSR count). The van der Waals surface area contributed by atoms with E-state index >= 15 is 0 Å². The molecule has 184 valence electrons. The molecule has 0 radical (unpaired) electrons. The van der Waals surface area contributed by atoms with Gasteiger partial charge in [0.2, 0.25) is 5.91 Å². The maximum Gasteiger partial charge on any atom is 0.223 e. The fourth-order valence-electron chi connectivity index (χ4n) is 4.66. The molecule has 37 heavy (non-hydrogen) atoms. The van der Waals surface area contributed by atoms with Crippen molar-refractivity contribution in [2.75, 3.05) is 6.54 Å². The van der Waals surface area contributed by atoms with Crippen LogP contribution in [0, 0.1) is 5.82 Å². The third kappa shape index (κ3) is 4.78. The van der Waals surface area contributed by atoms with Gasteiger partial charge in [0.15, 0.2) is 5.65 Å². The molecule has 1 aliphatic heterocycles. The highest BCUT2D eigenvalue weighted by atomic mass is 35.5. The second-order valence-corrected chi connectivity index (χ2v) is 9.45. The van der Waals surface area contributed by atoms with Crippen LogP contribution in [0.1, 0.15) is 23.5 Å². The predicted octanol–water partition coefficient (Wildman–Crippen LogP) is 6.73. The van der Waals surface area contributed by atoms with Gasteiger partial charge >= 0.3 is 0 Å². The van der Waals surface area contributed by atoms with Crippen molar-refractivity contribution in [1.82, 2.24) is 19.9 Å². The van der Waals surface area contributed by atoms with Crippen molar-refractivity contribution in [2.24, 2.45) is 0 Å². The lowest BCUT2D eigenvalue weighted by molar-refractivity contribution is -0.128. The number of carbonyl (C=O) groups excluding carboxylic acids is 1. The fourth-order valence-corrected chi connectivity index (χ4v) is 4.77. The maximum atomic E-state index is 14.1. The third-order valence-electron chi connectivity index (χ3n) is 6.56. The van der Waals surface area contributed by atoms with Crippen LogP contribution in [0.3, 0.4) is 0 Å². The average Bonchev–Trinajstić information content (AvgIpc) is 3.51. The molecule has 6 nitrogen and oxygen atoms in total. The van der Waals surface area contributed by atoms with E-state index in [-0.39, 0.29) is 16.8 Å². The van der Waals surface area contributed by atoms with Gasteiger partial charge in [-0.3, -0.25) is 4.79 Å². The van der Waals surface area contributed by atoms with Crippen molar-refractivity contribution in [2.45, 2.75) is 18.9 Å². The molecular formula is C29H22ClFN4O2. The molecule has 3 aromatic carbocycles. The molecule has 0 bridgehead atoms. The molecule has 1 saturated heterocycles. The highest BCUT2D eigenvalue weighted by Gasteiger charge is 2.31. The molecule has 8 heteroatoms. The number of likely N-dealkylation sites (tertiary alicyclic amines) is 1. The minimum absolute atomic E-state index is 0.0192. The summed E-state index contributed by atoms with van der Waals surface area (Å²) in [6, 6.07) is 23.8. The van der Waals surface area contributed by atoms with Gasteiger partial charge in [-0.1, -0.05) is 54.1 Å². The van der Waals surface area contributed by atoms with E-state index in [9.17, 15) is 9.18 Å². The van der Waals surface area contributed by atoms with E-state index in [0.717, 1.165) is 22.2 Å². The number of ether oxygens (including phenoxy) is 1. The number of nitrogens with one attached hydrogen (secondary N) is 1. The number of benzene rings is 3. The zero-order valence-corrected chi connectivity index (χ0v) is 20.5. The fraction of sp³-hybridized carbons (Fsp3) is 0.138. The molecule has 5 aromatic rings. The van der Waals surface area contributed by atoms with E-state index in [2.05, 4.69) is 27.1 Å². The molecular weight excluding hydrogens is 491 g/mol. The molecule has 1 fully saturated rings. The van der Waals surface area contributed by atoms with Crippen molar-refractivity contribution < 1.29 is 13.9 Å². The number of amides is 1. The molecule has 0 aliphatic carbocycles. The van der Waals surface area contributed by atoms with Crippen LogP contribution in [0.15, 0.2) is 85.1 Å². The van der Waals surface area contributed by atoms with Gasteiger partial charge in [0.25, 0.3) is 0 Å². The highest BCUT2D eigenvalue weighted by molar-refractivity contribution is 6.30. The number of halogens is 2. The number of aromatic nitrogens is 3. The van der Waals surface area contributed by atoms with Crippen LogP contribution in [0.25, 0.3) is 22.6 Å². The Kier molecular flexibility index (Phi) is 6.06. The monoisotopic (exact) mass is 512 g/mol. The van der Waals surface area contributed by atoms with Crippen LogP contribution in [0.4, 0.5) is 4.39 Å². The second kappa shape index (κ2) is 9.67. The average molecular weight is 513 g/mol. The number of H-pyrrole nitrogens is 1. The van der Waals surface area contributed by atoms with Crippen molar-refractivity contribution in [3.05, 3.63) is 107 Å². The van der Waals surface area contributed by atoms with Crippen molar-refractivity contribution in [3.63, 3.8) is 0 Å². The van der Waals surface area contributed by atoms with E-state index in [4.69, 9.17) is 16.3 Å². The SMILES string of the molecule is O=C1C[C@@H](c2ccccc2)CN1Cc1ccc(-c2nc3ncccc3[nH]2)cc1Oc1ccc(Cl)c(F)c1. The van der Waals surface area contributed by atoms with Gasteiger partial charge in [0.05, 0.1) is 10.5 Å². The first kappa shape index (κ1) is 23.2. The van der Waals surface area contributed by atoms with Crippen molar-refractivity contribution in [3.8, 4) is 22.9 Å². The Morgan fingerprint density at radius 2 is 1.92 bits per heavy atom. The first-order valence-corrected chi connectivity index (χ1v) is 12.3. The van der Waals surface area contributed by atoms with Crippen LogP contribution < -0.4 is 4.74 Å². The Bertz CT molecular complexity index is 1570. The summed E-state index contributed by atoms with van der Waals surface area (Å²) in [6.07, 6.45) is 2.15. The van der Waals surface area contributed by atoms with Gasteiger partial charge < -0.3 is 14.6 Å². The Morgan fingerprint density at radius 3 is 2.73 bits per heavy atom. The summed E-state index contributed by atoms with van der Waals surface area (Å²) in [5, 5.41) is 0.0192. The minimum Gasteiger partial charge on any atom is -0.457 e. The summed E-state index contributed by atoms with van der Waals surface area (Å²) in [5.41, 5.74) is 4.16. The molecule has 2 aromatic heterocycles. The lowest BCUT2D eigenvalue weighted by atomic mass is 9.98. The summed E-state index contributed by atoms with van der Waals surface area (Å²) in [4.78, 5) is 26.9. The lowest BCUT2D eigenvalue weighted by Gasteiger charge is -2.20. The molecule has 0 spiro atoms. The first-order chi connectivity index (χ1) is 18.0. The van der Waals surface area contributed by atoms with E-state index < -0.39 is 5.82 Å². The van der Waals surface area contributed by atoms with Crippen LogP contribution in [-0.4, -0.2) is 32.3 Å². The second-order valence-electron chi connectivity index (χ2n) is 9.05. The van der Waals surface area contributed by atoms with E-state index in [1.54, 1.807) is 12.3 Å². The van der Waals surface area contributed by atoms with Gasteiger partial charge in [-0.2, -0.15) is 0 Å². The Hall–Kier alpha value is -4.23. The maximum absolute atomic E-state index is 14.1. The topological polar surface area (TPSA) is 71.1 Å². The van der Waals surface area contributed by atoms with E-state index in [1.165, 1.54) is 12.1 Å². The van der Waals surface area contributed by atoms with Crippen LogP contribution in [0.5, 0.6) is 11.5 Å². The smallest absolute Gasteiger partial charge is 0.223 e. The molecule has 0 saturated carbocycles. The molecule has 1 atom stereocenters. The number of pyridine rings is 1. The van der Waals surface area contributed by atoms with E-state index in [1.807, 2.05) is 53.4 Å². The molecule has 1 aliphatic rings. The van der Waals surface area contributed by atoms with E-state index in [0.29, 0.717) is 42.5 Å². The van der Waals surface area contributed by atoms with Gasteiger partial charge in [0.1, 0.15) is 23.1 Å². The molecule has 3 heterocycles. The number of hydrogen-bond donors (Lipinski definition) is 1. The quantitative estimate of drug-likeness (QED) is 0.274. The zero-order chi connectivity index (χ0) is 25.4. The Morgan fingerprint density at radius 1 is 1.05 bits per heavy atom. The number of fused-ring (bicyclic) bond motifs is 1. The number of aromatic amines is 1. The van der Waals surface area contributed by atoms with Gasteiger partial charge in [0, 0.05) is 48.8 Å². The van der Waals surface area contributed by atoms with Gasteiger partial charge in [-0.25, -0.2) is 14.4 Å².